The van der Waals surface area contributed by atoms with Gasteiger partial charge in [0.05, 0.1) is 11.3 Å². The van der Waals surface area contributed by atoms with Crippen molar-refractivity contribution in [1.29, 1.82) is 0 Å². The van der Waals surface area contributed by atoms with Crippen LogP contribution in [0, 0.1) is 11.2 Å². The van der Waals surface area contributed by atoms with Crippen LogP contribution in [0.25, 0.3) is 0 Å². The summed E-state index contributed by atoms with van der Waals surface area (Å²) in [6, 6.07) is 3.18. The minimum absolute atomic E-state index is 0.0845. The van der Waals surface area contributed by atoms with Gasteiger partial charge in [0.1, 0.15) is 5.82 Å². The highest BCUT2D eigenvalue weighted by molar-refractivity contribution is 5.94. The summed E-state index contributed by atoms with van der Waals surface area (Å²) in [7, 11) is 0. The summed E-state index contributed by atoms with van der Waals surface area (Å²) in [6.07, 6.45) is 0.481. The van der Waals surface area contributed by atoms with Gasteiger partial charge in [0, 0.05) is 18.4 Å². The molecule has 0 aliphatic rings. The summed E-state index contributed by atoms with van der Waals surface area (Å²) in [6.45, 7) is 5.69. The van der Waals surface area contributed by atoms with Crippen LogP contribution in [0.4, 0.5) is 10.1 Å². The van der Waals surface area contributed by atoms with Crippen LogP contribution in [0.2, 0.25) is 0 Å². The fourth-order valence-electron chi connectivity index (χ4n) is 1.68. The van der Waals surface area contributed by atoms with Crippen molar-refractivity contribution in [3.8, 4) is 0 Å². The average Bonchev–Trinajstić information content (AvgIpc) is 2.44. The van der Waals surface area contributed by atoms with E-state index in [-0.39, 0.29) is 23.6 Å². The molecular weight excluding hydrogens is 303 g/mol. The molecule has 1 aromatic rings. The molecule has 0 aromatic heterocycles. The van der Waals surface area contributed by atoms with Crippen LogP contribution in [-0.4, -0.2) is 29.4 Å². The molecule has 0 heterocycles. The molecule has 1 rings (SSSR count). The van der Waals surface area contributed by atoms with E-state index < -0.39 is 23.1 Å². The largest absolute Gasteiger partial charge is 0.478 e. The number of nitrogens with one attached hydrogen (secondary N) is 2. The first-order valence-corrected chi connectivity index (χ1v) is 7.22. The van der Waals surface area contributed by atoms with E-state index in [1.54, 1.807) is 20.8 Å². The molecule has 1 aromatic carbocycles. The van der Waals surface area contributed by atoms with Crippen molar-refractivity contribution in [2.75, 3.05) is 11.9 Å². The van der Waals surface area contributed by atoms with Crippen molar-refractivity contribution >= 4 is 23.5 Å². The second-order valence-corrected chi connectivity index (χ2v) is 6.16. The molecule has 2 amide bonds. The molecule has 0 saturated heterocycles. The summed E-state index contributed by atoms with van der Waals surface area (Å²) in [5.41, 5.74) is -0.782. The Bertz CT molecular complexity index is 609. The smallest absolute Gasteiger partial charge is 0.335 e. The van der Waals surface area contributed by atoms with Crippen LogP contribution < -0.4 is 10.6 Å². The van der Waals surface area contributed by atoms with E-state index in [0.717, 1.165) is 18.2 Å². The zero-order valence-electron chi connectivity index (χ0n) is 13.4. The lowest BCUT2D eigenvalue weighted by molar-refractivity contribution is -0.128. The molecule has 0 bridgehead atoms. The van der Waals surface area contributed by atoms with Gasteiger partial charge in [-0.05, 0) is 24.6 Å². The molecule has 0 aliphatic heterocycles. The number of hydrogen-bond donors (Lipinski definition) is 3. The molecule has 126 valence electrons. The van der Waals surface area contributed by atoms with Gasteiger partial charge in [0.15, 0.2) is 0 Å². The third-order valence-corrected chi connectivity index (χ3v) is 3.03. The van der Waals surface area contributed by atoms with E-state index >= 15 is 0 Å². The minimum atomic E-state index is -1.20. The van der Waals surface area contributed by atoms with Gasteiger partial charge in [-0.1, -0.05) is 20.8 Å². The lowest BCUT2D eigenvalue weighted by atomic mass is 9.96. The highest BCUT2D eigenvalue weighted by Gasteiger charge is 2.20. The van der Waals surface area contributed by atoms with Crippen LogP contribution in [0.15, 0.2) is 18.2 Å². The molecule has 0 saturated carbocycles. The van der Waals surface area contributed by atoms with E-state index in [9.17, 15) is 18.8 Å². The van der Waals surface area contributed by atoms with Crippen molar-refractivity contribution in [2.24, 2.45) is 5.41 Å². The molecule has 0 aliphatic carbocycles. The predicted octanol–water partition coefficient (Wildman–Crippen LogP) is 2.40. The quantitative estimate of drug-likeness (QED) is 0.700. The summed E-state index contributed by atoms with van der Waals surface area (Å²) in [5.74, 6) is -2.47. The third kappa shape index (κ3) is 6.06. The van der Waals surface area contributed by atoms with Gasteiger partial charge in [-0.3, -0.25) is 9.59 Å². The maximum absolute atomic E-state index is 13.6. The maximum Gasteiger partial charge on any atom is 0.335 e. The fraction of sp³-hybridized carbons (Fsp3) is 0.438. The monoisotopic (exact) mass is 324 g/mol. The van der Waals surface area contributed by atoms with Gasteiger partial charge in [-0.25, -0.2) is 9.18 Å². The number of carboxylic acids is 1. The number of rotatable bonds is 6. The Kier molecular flexibility index (Phi) is 6.24. The van der Waals surface area contributed by atoms with E-state index in [4.69, 9.17) is 5.11 Å². The zero-order valence-corrected chi connectivity index (χ0v) is 13.4. The standard InChI is InChI=1S/C16H21FN2O4/c1-16(2,3)15(23)18-8-4-5-13(20)19-12-9-10(14(21)22)6-7-11(12)17/h6-7,9H,4-5,8H2,1-3H3,(H,18,23)(H,19,20)(H,21,22). The average molecular weight is 324 g/mol. The van der Waals surface area contributed by atoms with Crippen LogP contribution in [-0.2, 0) is 9.59 Å². The Morgan fingerprint density at radius 2 is 1.87 bits per heavy atom. The van der Waals surface area contributed by atoms with Crippen LogP contribution in [0.5, 0.6) is 0 Å². The van der Waals surface area contributed by atoms with Crippen LogP contribution >= 0.6 is 0 Å². The Hall–Kier alpha value is -2.44. The minimum Gasteiger partial charge on any atom is -0.478 e. The van der Waals surface area contributed by atoms with E-state index in [0.29, 0.717) is 13.0 Å². The highest BCUT2D eigenvalue weighted by Crippen LogP contribution is 2.17. The summed E-state index contributed by atoms with van der Waals surface area (Å²) in [5, 5.41) is 13.9. The summed E-state index contributed by atoms with van der Waals surface area (Å²) < 4.78 is 13.6. The first-order valence-electron chi connectivity index (χ1n) is 7.22. The van der Waals surface area contributed by atoms with Gasteiger partial charge >= 0.3 is 5.97 Å². The van der Waals surface area contributed by atoms with Crippen LogP contribution in [0.3, 0.4) is 0 Å². The Labute approximate surface area is 134 Å². The van der Waals surface area contributed by atoms with E-state index in [1.165, 1.54) is 0 Å². The third-order valence-electron chi connectivity index (χ3n) is 3.03. The number of benzene rings is 1. The Balaban J connectivity index is 2.47. The van der Waals surface area contributed by atoms with Crippen LogP contribution in [0.1, 0.15) is 44.0 Å². The number of halogens is 1. The molecule has 0 spiro atoms. The maximum atomic E-state index is 13.6. The molecule has 0 unspecified atom stereocenters. The van der Waals surface area contributed by atoms with Gasteiger partial charge in [-0.15, -0.1) is 0 Å². The van der Waals surface area contributed by atoms with Crippen molar-refractivity contribution in [1.82, 2.24) is 5.32 Å². The second kappa shape index (κ2) is 7.71. The fourth-order valence-corrected chi connectivity index (χ4v) is 1.68. The predicted molar refractivity (Wildman–Crippen MR) is 83.7 cm³/mol. The van der Waals surface area contributed by atoms with Gasteiger partial charge in [0.25, 0.3) is 0 Å². The molecule has 6 nitrogen and oxygen atoms in total. The Morgan fingerprint density at radius 3 is 2.43 bits per heavy atom. The van der Waals surface area contributed by atoms with E-state index in [2.05, 4.69) is 10.6 Å². The molecule has 0 atom stereocenters. The summed E-state index contributed by atoms with van der Waals surface area (Å²) >= 11 is 0. The molecule has 0 radical (unpaired) electrons. The summed E-state index contributed by atoms with van der Waals surface area (Å²) in [4.78, 5) is 34.2. The SMILES string of the molecule is CC(C)(C)C(=O)NCCCC(=O)Nc1cc(C(=O)O)ccc1F. The van der Waals surface area contributed by atoms with Crippen molar-refractivity contribution in [2.45, 2.75) is 33.6 Å². The number of anilines is 1. The number of carbonyl (C=O) groups excluding carboxylic acids is 2. The number of hydrogen-bond acceptors (Lipinski definition) is 3. The first kappa shape index (κ1) is 18.6. The van der Waals surface area contributed by atoms with Gasteiger partial charge in [-0.2, -0.15) is 0 Å². The molecule has 23 heavy (non-hydrogen) atoms. The van der Waals surface area contributed by atoms with E-state index in [1.807, 2.05) is 0 Å². The molecule has 7 heteroatoms. The van der Waals surface area contributed by atoms with Crippen molar-refractivity contribution < 1.29 is 23.9 Å². The molecule has 0 fully saturated rings. The molecule has 3 N–H and O–H groups in total. The lowest BCUT2D eigenvalue weighted by Crippen LogP contribution is -2.35. The van der Waals surface area contributed by atoms with Crippen molar-refractivity contribution in [3.05, 3.63) is 29.6 Å². The first-order chi connectivity index (χ1) is 10.6. The molecular formula is C16H21FN2O4. The number of amides is 2. The van der Waals surface area contributed by atoms with Crippen molar-refractivity contribution in [3.63, 3.8) is 0 Å². The van der Waals surface area contributed by atoms with Gasteiger partial charge < -0.3 is 15.7 Å². The Morgan fingerprint density at radius 1 is 1.22 bits per heavy atom. The topological polar surface area (TPSA) is 95.5 Å². The second-order valence-electron chi connectivity index (χ2n) is 6.16. The number of carboxylic acid groups (broad SMARTS) is 1. The highest BCUT2D eigenvalue weighted by atomic mass is 19.1. The normalized spacial score (nSPS) is 11.0. The van der Waals surface area contributed by atoms with Gasteiger partial charge in [0.2, 0.25) is 11.8 Å². The lowest BCUT2D eigenvalue weighted by Gasteiger charge is -2.17. The number of carbonyl (C=O) groups is 3. The number of aromatic carboxylic acids is 1. The zero-order chi connectivity index (χ0) is 17.6.